The second kappa shape index (κ2) is 12.9. The summed E-state index contributed by atoms with van der Waals surface area (Å²) in [6.45, 7) is 3.40. The number of halogens is 1. The van der Waals surface area contributed by atoms with E-state index in [1.54, 1.807) is 24.3 Å². The van der Waals surface area contributed by atoms with Gasteiger partial charge in [0, 0.05) is 0 Å². The van der Waals surface area contributed by atoms with Crippen LogP contribution in [0.4, 0.5) is 4.39 Å². The second-order valence-electron chi connectivity index (χ2n) is 4.65. The molecule has 1 rings (SSSR count). The van der Waals surface area contributed by atoms with Gasteiger partial charge in [-0.05, 0) is 48.5 Å². The van der Waals surface area contributed by atoms with E-state index < -0.39 is 6.67 Å². The first kappa shape index (κ1) is 22.6. The van der Waals surface area contributed by atoms with Gasteiger partial charge in [-0.15, -0.1) is 22.1 Å². The van der Waals surface area contributed by atoms with Crippen LogP contribution in [0.1, 0.15) is 29.8 Å². The van der Waals surface area contributed by atoms with E-state index in [9.17, 15) is 9.18 Å². The Labute approximate surface area is 151 Å². The molecule has 0 saturated carbocycles. The quantitative estimate of drug-likeness (QED) is 0.183. The van der Waals surface area contributed by atoms with Crippen LogP contribution in [-0.4, -0.2) is 32.1 Å². The number of terminal acetylenes is 1. The van der Waals surface area contributed by atoms with Crippen molar-refractivity contribution in [2.24, 2.45) is 5.16 Å². The molecule has 0 fully saturated rings. The summed E-state index contributed by atoms with van der Waals surface area (Å²) < 4.78 is 17.0. The molecule has 1 aromatic rings. The summed E-state index contributed by atoms with van der Waals surface area (Å²) in [5.74, 6) is -0.382. The molecule has 1 unspecified atom stereocenters. The zero-order valence-corrected chi connectivity index (χ0v) is 15.8. The molecule has 0 aliphatic rings. The van der Waals surface area contributed by atoms with Gasteiger partial charge in [0.05, 0.1) is 18.4 Å². The van der Waals surface area contributed by atoms with Crippen LogP contribution in [0.2, 0.25) is 0 Å². The smallest absolute Gasteiger partial charge is 0.337 e. The first-order valence-electron chi connectivity index (χ1n) is 7.39. The molecule has 1 atom stereocenters. The normalized spacial score (nSPS) is 12.0. The van der Waals surface area contributed by atoms with Crippen molar-refractivity contribution in [3.63, 3.8) is 0 Å². The molecule has 0 aromatic heterocycles. The third-order valence-corrected chi connectivity index (χ3v) is 3.77. The standard InChI is InChI=1S/C17H21FNO3P.C2H2/c1-4-13(16(23)9-10-18)11-22-19-12(2)14-5-7-15(8-6-14)17(20)21-3;1-2/h4-9H,10-11,23H2,1-3H3;1-2H/b13-4-,16-9+,19-12+;. The van der Waals surface area contributed by atoms with Crippen molar-refractivity contribution < 1.29 is 18.8 Å². The SMILES string of the molecule is C#C.C/C=C(CO/N=C(\C)c1ccc(C(=O)OC)cc1)\C(P)=C/CF. The maximum absolute atomic E-state index is 12.3. The molecule has 0 radical (unpaired) electrons. The summed E-state index contributed by atoms with van der Waals surface area (Å²) in [5.41, 5.74) is 2.84. The molecule has 1 aromatic carbocycles. The van der Waals surface area contributed by atoms with E-state index >= 15 is 0 Å². The van der Waals surface area contributed by atoms with Gasteiger partial charge in [-0.2, -0.15) is 0 Å². The maximum Gasteiger partial charge on any atom is 0.337 e. The topological polar surface area (TPSA) is 47.9 Å². The highest BCUT2D eigenvalue weighted by Crippen LogP contribution is 2.18. The van der Waals surface area contributed by atoms with Gasteiger partial charge in [-0.1, -0.05) is 23.4 Å². The van der Waals surface area contributed by atoms with Crippen LogP contribution in [0.15, 0.2) is 52.5 Å². The highest BCUT2D eigenvalue weighted by atomic mass is 31.0. The number of alkyl halides is 1. The Bertz CT molecular complexity index is 661. The van der Waals surface area contributed by atoms with Gasteiger partial charge in [0.15, 0.2) is 0 Å². The Balaban J connectivity index is 0.00000277. The summed E-state index contributed by atoms with van der Waals surface area (Å²) in [7, 11) is 3.82. The molecule has 0 amide bonds. The molecule has 134 valence electrons. The number of oxime groups is 1. The Morgan fingerprint density at radius 1 is 1.28 bits per heavy atom. The molecule has 0 saturated heterocycles. The number of hydrogen-bond donors (Lipinski definition) is 0. The van der Waals surface area contributed by atoms with E-state index in [0.29, 0.717) is 11.3 Å². The lowest BCUT2D eigenvalue weighted by atomic mass is 10.1. The van der Waals surface area contributed by atoms with Gasteiger partial charge >= 0.3 is 5.97 Å². The predicted molar refractivity (Wildman–Crippen MR) is 103 cm³/mol. The van der Waals surface area contributed by atoms with Gasteiger partial charge in [0.2, 0.25) is 0 Å². The fourth-order valence-electron chi connectivity index (χ4n) is 1.76. The van der Waals surface area contributed by atoms with Crippen molar-refractivity contribution in [1.82, 2.24) is 0 Å². The summed E-state index contributed by atoms with van der Waals surface area (Å²) in [6, 6.07) is 6.88. The number of allylic oxidation sites excluding steroid dienone is 2. The van der Waals surface area contributed by atoms with Gasteiger partial charge in [-0.3, -0.25) is 0 Å². The lowest BCUT2D eigenvalue weighted by Gasteiger charge is -2.07. The Morgan fingerprint density at radius 2 is 1.84 bits per heavy atom. The third-order valence-electron chi connectivity index (χ3n) is 3.16. The average Bonchev–Trinajstić information content (AvgIpc) is 2.66. The minimum absolute atomic E-state index is 0.253. The Hall–Kier alpha value is -2.44. The van der Waals surface area contributed by atoms with E-state index in [2.05, 4.69) is 32.0 Å². The highest BCUT2D eigenvalue weighted by Gasteiger charge is 2.06. The van der Waals surface area contributed by atoms with E-state index in [0.717, 1.165) is 16.5 Å². The van der Waals surface area contributed by atoms with Crippen LogP contribution < -0.4 is 0 Å². The molecule has 0 N–H and O–H groups in total. The molecule has 0 aliphatic heterocycles. The first-order chi connectivity index (χ1) is 12.0. The predicted octanol–water partition coefficient (Wildman–Crippen LogP) is 4.14. The number of hydrogen-bond acceptors (Lipinski definition) is 4. The molecule has 6 heteroatoms. The lowest BCUT2D eigenvalue weighted by Crippen LogP contribution is -2.03. The van der Waals surface area contributed by atoms with Gasteiger partial charge in [0.25, 0.3) is 0 Å². The van der Waals surface area contributed by atoms with E-state index in [1.165, 1.54) is 13.2 Å². The average molecular weight is 363 g/mol. The number of carbonyl (C=O) groups is 1. The fraction of sp³-hybridized carbons (Fsp3) is 0.263. The van der Waals surface area contributed by atoms with Crippen LogP contribution >= 0.6 is 9.24 Å². The van der Waals surface area contributed by atoms with E-state index in [-0.39, 0.29) is 12.6 Å². The second-order valence-corrected chi connectivity index (χ2v) is 5.27. The number of methoxy groups -OCH3 is 1. The zero-order valence-electron chi connectivity index (χ0n) is 14.7. The number of ether oxygens (including phenoxy) is 1. The fourth-order valence-corrected chi connectivity index (χ4v) is 2.10. The van der Waals surface area contributed by atoms with Crippen LogP contribution in [0.3, 0.4) is 0 Å². The Kier molecular flexibility index (Phi) is 11.7. The van der Waals surface area contributed by atoms with Crippen molar-refractivity contribution >= 4 is 20.9 Å². The van der Waals surface area contributed by atoms with Crippen molar-refractivity contribution in [2.45, 2.75) is 13.8 Å². The highest BCUT2D eigenvalue weighted by molar-refractivity contribution is 7.23. The van der Waals surface area contributed by atoms with Crippen LogP contribution in [0, 0.1) is 12.8 Å². The van der Waals surface area contributed by atoms with Gasteiger partial charge in [-0.25, -0.2) is 9.18 Å². The van der Waals surface area contributed by atoms with Crippen LogP contribution in [-0.2, 0) is 9.57 Å². The van der Waals surface area contributed by atoms with E-state index in [4.69, 9.17) is 4.84 Å². The molecule has 4 nitrogen and oxygen atoms in total. The maximum atomic E-state index is 12.3. The number of benzene rings is 1. The third kappa shape index (κ3) is 7.78. The molecule has 0 spiro atoms. The van der Waals surface area contributed by atoms with Gasteiger partial charge in [0.1, 0.15) is 13.3 Å². The van der Waals surface area contributed by atoms with Crippen molar-refractivity contribution in [2.75, 3.05) is 20.4 Å². The minimum atomic E-state index is -0.523. The lowest BCUT2D eigenvalue weighted by molar-refractivity contribution is 0.0600. The Morgan fingerprint density at radius 3 is 2.32 bits per heavy atom. The summed E-state index contributed by atoms with van der Waals surface area (Å²) in [5, 5.41) is 4.80. The van der Waals surface area contributed by atoms with Crippen LogP contribution in [0.25, 0.3) is 0 Å². The number of nitrogens with zero attached hydrogens (tertiary/aromatic N) is 1. The molecular weight excluding hydrogens is 340 g/mol. The molecule has 0 bridgehead atoms. The minimum Gasteiger partial charge on any atom is -0.465 e. The summed E-state index contributed by atoms with van der Waals surface area (Å²) in [6.07, 6.45) is 11.3. The molecular formula is C19H23FNO3P. The zero-order chi connectivity index (χ0) is 19.2. The molecule has 0 heterocycles. The van der Waals surface area contributed by atoms with Crippen molar-refractivity contribution in [3.8, 4) is 12.8 Å². The van der Waals surface area contributed by atoms with Crippen molar-refractivity contribution in [1.29, 1.82) is 0 Å². The molecule has 25 heavy (non-hydrogen) atoms. The summed E-state index contributed by atoms with van der Waals surface area (Å²) >= 11 is 0. The number of rotatable bonds is 7. The summed E-state index contributed by atoms with van der Waals surface area (Å²) in [4.78, 5) is 16.7. The number of esters is 1. The largest absolute Gasteiger partial charge is 0.465 e. The van der Waals surface area contributed by atoms with Gasteiger partial charge < -0.3 is 9.57 Å². The number of carbonyl (C=O) groups excluding carboxylic acids is 1. The van der Waals surface area contributed by atoms with Crippen LogP contribution in [0.5, 0.6) is 0 Å². The van der Waals surface area contributed by atoms with Crippen molar-refractivity contribution in [3.05, 3.63) is 58.4 Å². The van der Waals surface area contributed by atoms with E-state index in [1.807, 2.05) is 19.9 Å². The monoisotopic (exact) mass is 363 g/mol. The first-order valence-corrected chi connectivity index (χ1v) is 7.97. The molecule has 0 aliphatic carbocycles.